The Bertz CT molecular complexity index is 644. The summed E-state index contributed by atoms with van der Waals surface area (Å²) in [4.78, 5) is 1.77. The van der Waals surface area contributed by atoms with Gasteiger partial charge in [0.25, 0.3) is 0 Å². The molecule has 1 heterocycles. The molecule has 0 aromatic heterocycles. The fraction of sp³-hybridized carbons (Fsp3) is 0.647. The number of nitrogens with one attached hydrogen (secondary N) is 1. The van der Waals surface area contributed by atoms with Crippen LogP contribution in [0.15, 0.2) is 12.1 Å². The molecule has 26 heavy (non-hydrogen) atoms. The summed E-state index contributed by atoms with van der Waals surface area (Å²) >= 11 is 0. The van der Waals surface area contributed by atoms with Crippen LogP contribution in [0.5, 0.6) is 0 Å². The number of alkyl halides is 6. The van der Waals surface area contributed by atoms with Crippen molar-refractivity contribution in [3.05, 3.63) is 34.6 Å². The van der Waals surface area contributed by atoms with E-state index in [1.165, 1.54) is 0 Å². The maximum atomic E-state index is 14.7. The van der Waals surface area contributed by atoms with Crippen LogP contribution in [0.1, 0.15) is 42.0 Å². The van der Waals surface area contributed by atoms with Crippen molar-refractivity contribution in [2.45, 2.75) is 37.7 Å². The van der Waals surface area contributed by atoms with Crippen LogP contribution in [0, 0.1) is 11.7 Å². The molecule has 1 aromatic carbocycles. The van der Waals surface area contributed by atoms with Crippen molar-refractivity contribution in [2.24, 2.45) is 5.92 Å². The maximum absolute atomic E-state index is 14.7. The number of hydrogen-bond acceptors (Lipinski definition) is 2. The number of hydrogen-bond donors (Lipinski definition) is 1. The average Bonchev–Trinajstić information content (AvgIpc) is 2.49. The van der Waals surface area contributed by atoms with Gasteiger partial charge < -0.3 is 5.32 Å². The molecular weight excluding hydrogens is 365 g/mol. The summed E-state index contributed by atoms with van der Waals surface area (Å²) in [6, 6.07) is -0.616. The molecule has 1 atom stereocenters. The molecule has 3 rings (SSSR count). The summed E-state index contributed by atoms with van der Waals surface area (Å²) in [6.45, 7) is 1.96. The molecular formula is C17H19F7N2. The first-order valence-electron chi connectivity index (χ1n) is 8.51. The van der Waals surface area contributed by atoms with Gasteiger partial charge in [-0.05, 0) is 30.9 Å². The van der Waals surface area contributed by atoms with Gasteiger partial charge in [0.05, 0.1) is 11.1 Å². The molecule has 9 heteroatoms. The predicted octanol–water partition coefficient (Wildman–Crippen LogP) is 4.61. The smallest absolute Gasteiger partial charge is 0.314 e. The molecule has 1 N–H and O–H groups in total. The van der Waals surface area contributed by atoms with Crippen molar-refractivity contribution >= 4 is 0 Å². The standard InChI is InChI=1S/C17H19F7N2/c18-13-9-11(16(19,20)21)8-12(17(22,23)24)14(13)15(10-2-1-3-10)26-6-4-25-5-7-26/h8-10,15,25H,1-7H2/t15-/m0/s1. The highest BCUT2D eigenvalue weighted by Crippen LogP contribution is 2.47. The zero-order chi connectivity index (χ0) is 19.1. The molecule has 1 aliphatic heterocycles. The number of piperazine rings is 1. The van der Waals surface area contributed by atoms with Gasteiger partial charge in [0.15, 0.2) is 0 Å². The van der Waals surface area contributed by atoms with E-state index in [9.17, 15) is 30.7 Å². The van der Waals surface area contributed by atoms with Gasteiger partial charge in [0.2, 0.25) is 0 Å². The van der Waals surface area contributed by atoms with Crippen LogP contribution in [0.3, 0.4) is 0 Å². The third kappa shape index (κ3) is 3.83. The molecule has 1 aliphatic carbocycles. The minimum absolute atomic E-state index is 0.0479. The van der Waals surface area contributed by atoms with Crippen LogP contribution in [0.2, 0.25) is 0 Å². The van der Waals surface area contributed by atoms with Gasteiger partial charge in [-0.3, -0.25) is 4.90 Å². The highest BCUT2D eigenvalue weighted by molar-refractivity contribution is 5.39. The van der Waals surface area contributed by atoms with Gasteiger partial charge in [-0.15, -0.1) is 0 Å². The minimum Gasteiger partial charge on any atom is -0.314 e. The number of benzene rings is 1. The van der Waals surface area contributed by atoms with Crippen LogP contribution >= 0.6 is 0 Å². The Balaban J connectivity index is 2.13. The summed E-state index contributed by atoms with van der Waals surface area (Å²) in [5, 5.41) is 3.08. The molecule has 1 saturated carbocycles. The van der Waals surface area contributed by atoms with Crippen molar-refractivity contribution in [3.8, 4) is 0 Å². The lowest BCUT2D eigenvalue weighted by atomic mass is 9.75. The Morgan fingerprint density at radius 3 is 2.04 bits per heavy atom. The normalized spacial score (nSPS) is 21.5. The summed E-state index contributed by atoms with van der Waals surface area (Å²) < 4.78 is 94.0. The van der Waals surface area contributed by atoms with Crippen molar-refractivity contribution < 1.29 is 30.7 Å². The predicted molar refractivity (Wildman–Crippen MR) is 80.9 cm³/mol. The third-order valence-corrected chi connectivity index (χ3v) is 5.20. The fourth-order valence-corrected chi connectivity index (χ4v) is 3.75. The van der Waals surface area contributed by atoms with Crippen molar-refractivity contribution in [2.75, 3.05) is 26.2 Å². The second kappa shape index (κ2) is 6.99. The lowest BCUT2D eigenvalue weighted by molar-refractivity contribution is -0.144. The molecule has 1 saturated heterocycles. The first-order valence-corrected chi connectivity index (χ1v) is 8.51. The van der Waals surface area contributed by atoms with Gasteiger partial charge in [-0.25, -0.2) is 4.39 Å². The highest BCUT2D eigenvalue weighted by Gasteiger charge is 2.45. The second-order valence-electron chi connectivity index (χ2n) is 6.84. The minimum atomic E-state index is -5.06. The van der Waals surface area contributed by atoms with E-state index in [4.69, 9.17) is 0 Å². The van der Waals surface area contributed by atoms with Crippen LogP contribution in [-0.2, 0) is 12.4 Å². The number of rotatable bonds is 3. The van der Waals surface area contributed by atoms with Crippen LogP contribution < -0.4 is 5.32 Å². The Morgan fingerprint density at radius 1 is 0.962 bits per heavy atom. The first-order chi connectivity index (χ1) is 12.1. The first kappa shape index (κ1) is 19.4. The van der Waals surface area contributed by atoms with Crippen molar-refractivity contribution in [3.63, 3.8) is 0 Å². The average molecular weight is 384 g/mol. The Labute approximate surface area is 146 Å². The SMILES string of the molecule is Fc1cc(C(F)(F)F)cc(C(F)(F)F)c1[C@H](C1CCC1)N1CCNCC1. The summed E-state index contributed by atoms with van der Waals surface area (Å²) in [6.07, 6.45) is -7.98. The topological polar surface area (TPSA) is 15.3 Å². The lowest BCUT2D eigenvalue weighted by Crippen LogP contribution is -2.48. The van der Waals surface area contributed by atoms with E-state index < -0.39 is 40.9 Å². The van der Waals surface area contributed by atoms with Gasteiger partial charge >= 0.3 is 12.4 Å². The Kier molecular flexibility index (Phi) is 5.22. The van der Waals surface area contributed by atoms with E-state index in [0.29, 0.717) is 39.0 Å². The summed E-state index contributed by atoms with van der Waals surface area (Å²) in [5.41, 5.74) is -3.77. The second-order valence-corrected chi connectivity index (χ2v) is 6.84. The fourth-order valence-electron chi connectivity index (χ4n) is 3.75. The van der Waals surface area contributed by atoms with Gasteiger partial charge in [-0.2, -0.15) is 26.3 Å². The zero-order valence-corrected chi connectivity index (χ0v) is 13.9. The molecule has 2 fully saturated rings. The Hall–Kier alpha value is -1.35. The lowest BCUT2D eigenvalue weighted by Gasteiger charge is -2.44. The largest absolute Gasteiger partial charge is 0.416 e. The van der Waals surface area contributed by atoms with E-state index in [0.717, 1.165) is 6.42 Å². The monoisotopic (exact) mass is 384 g/mol. The quantitative estimate of drug-likeness (QED) is 0.766. The maximum Gasteiger partial charge on any atom is 0.416 e. The molecule has 0 bridgehead atoms. The van der Waals surface area contributed by atoms with Crippen LogP contribution in [0.25, 0.3) is 0 Å². The van der Waals surface area contributed by atoms with E-state index >= 15 is 0 Å². The van der Waals surface area contributed by atoms with Crippen LogP contribution in [-0.4, -0.2) is 31.1 Å². The summed E-state index contributed by atoms with van der Waals surface area (Å²) in [7, 11) is 0. The third-order valence-electron chi connectivity index (χ3n) is 5.20. The molecule has 1 aromatic rings. The van der Waals surface area contributed by atoms with E-state index in [1.807, 2.05) is 0 Å². The van der Waals surface area contributed by atoms with Gasteiger partial charge in [0.1, 0.15) is 5.82 Å². The molecule has 0 spiro atoms. The summed E-state index contributed by atoms with van der Waals surface area (Å²) in [5.74, 6) is -1.61. The van der Waals surface area contributed by atoms with E-state index in [-0.39, 0.29) is 18.1 Å². The van der Waals surface area contributed by atoms with E-state index in [1.54, 1.807) is 4.90 Å². The Morgan fingerprint density at radius 2 is 1.58 bits per heavy atom. The molecule has 0 amide bonds. The molecule has 0 radical (unpaired) electrons. The van der Waals surface area contributed by atoms with Crippen molar-refractivity contribution in [1.82, 2.24) is 10.2 Å². The van der Waals surface area contributed by atoms with Gasteiger partial charge in [-0.1, -0.05) is 6.42 Å². The molecule has 0 unspecified atom stereocenters. The molecule has 146 valence electrons. The highest BCUT2D eigenvalue weighted by atomic mass is 19.4. The molecule has 2 nitrogen and oxygen atoms in total. The zero-order valence-electron chi connectivity index (χ0n) is 13.9. The molecule has 2 aliphatic rings. The number of nitrogens with zero attached hydrogens (tertiary/aromatic N) is 1. The van der Waals surface area contributed by atoms with Crippen molar-refractivity contribution in [1.29, 1.82) is 0 Å². The number of halogens is 7. The van der Waals surface area contributed by atoms with Gasteiger partial charge in [0, 0.05) is 37.8 Å². The van der Waals surface area contributed by atoms with E-state index in [2.05, 4.69) is 5.32 Å². The van der Waals surface area contributed by atoms with Crippen LogP contribution in [0.4, 0.5) is 30.7 Å².